The average molecular weight is 341 g/mol. The van der Waals surface area contributed by atoms with Gasteiger partial charge in [0.1, 0.15) is 5.58 Å². The quantitative estimate of drug-likeness (QED) is 0.482. The van der Waals surface area contributed by atoms with Crippen LogP contribution < -0.4 is 5.32 Å². The third-order valence-electron chi connectivity index (χ3n) is 4.43. The highest BCUT2D eigenvalue weighted by Crippen LogP contribution is 2.32. The molecular formula is C23H19NO2. The normalized spacial score (nSPS) is 10.8. The second-order valence-electron chi connectivity index (χ2n) is 6.34. The molecule has 1 N–H and O–H groups in total. The van der Waals surface area contributed by atoms with Gasteiger partial charge in [-0.2, -0.15) is 0 Å². The Morgan fingerprint density at radius 3 is 2.35 bits per heavy atom. The maximum atomic E-state index is 13.0. The minimum Gasteiger partial charge on any atom is -0.450 e. The lowest BCUT2D eigenvalue weighted by molar-refractivity contribution is 0.101. The van der Waals surface area contributed by atoms with Crippen LogP contribution in [0.5, 0.6) is 0 Å². The molecule has 0 spiro atoms. The zero-order valence-electron chi connectivity index (χ0n) is 14.5. The van der Waals surface area contributed by atoms with Crippen LogP contribution in [0, 0.1) is 6.92 Å². The SMILES string of the molecule is Cc1ccc(CNc2c(C(=O)c3ccccc3)oc3ccccc23)cc1. The lowest BCUT2D eigenvalue weighted by atomic mass is 10.1. The molecule has 0 aliphatic heterocycles. The van der Waals surface area contributed by atoms with Gasteiger partial charge in [0.2, 0.25) is 5.78 Å². The van der Waals surface area contributed by atoms with Crippen LogP contribution in [0.1, 0.15) is 27.2 Å². The Labute approximate surface area is 152 Å². The number of furan rings is 1. The summed E-state index contributed by atoms with van der Waals surface area (Å²) < 4.78 is 5.91. The van der Waals surface area contributed by atoms with Crippen LogP contribution in [-0.4, -0.2) is 5.78 Å². The molecule has 0 aliphatic carbocycles. The summed E-state index contributed by atoms with van der Waals surface area (Å²) in [5.74, 6) is 0.234. The van der Waals surface area contributed by atoms with Gasteiger partial charge in [0.25, 0.3) is 0 Å². The first-order valence-corrected chi connectivity index (χ1v) is 8.63. The minimum absolute atomic E-state index is 0.117. The highest BCUT2D eigenvalue weighted by atomic mass is 16.3. The number of ketones is 1. The fraction of sp³-hybridized carbons (Fsp3) is 0.0870. The van der Waals surface area contributed by atoms with E-state index in [0.717, 1.165) is 16.6 Å². The molecule has 0 radical (unpaired) electrons. The molecule has 4 rings (SSSR count). The van der Waals surface area contributed by atoms with Crippen molar-refractivity contribution in [2.75, 3.05) is 5.32 Å². The maximum Gasteiger partial charge on any atom is 0.230 e. The van der Waals surface area contributed by atoms with Crippen molar-refractivity contribution in [3.8, 4) is 0 Å². The topological polar surface area (TPSA) is 42.2 Å². The first kappa shape index (κ1) is 16.2. The summed E-state index contributed by atoms with van der Waals surface area (Å²) in [5, 5.41) is 4.32. The van der Waals surface area contributed by atoms with Crippen LogP contribution >= 0.6 is 0 Å². The Morgan fingerprint density at radius 1 is 0.885 bits per heavy atom. The number of anilines is 1. The molecule has 3 aromatic carbocycles. The van der Waals surface area contributed by atoms with E-state index in [1.807, 2.05) is 42.5 Å². The molecular weight excluding hydrogens is 322 g/mol. The largest absolute Gasteiger partial charge is 0.450 e. The van der Waals surface area contributed by atoms with Gasteiger partial charge in [-0.15, -0.1) is 0 Å². The van der Waals surface area contributed by atoms with Crippen molar-refractivity contribution in [1.29, 1.82) is 0 Å². The number of benzene rings is 3. The molecule has 3 heteroatoms. The van der Waals surface area contributed by atoms with Crippen molar-refractivity contribution in [2.45, 2.75) is 13.5 Å². The van der Waals surface area contributed by atoms with Crippen molar-refractivity contribution < 1.29 is 9.21 Å². The molecule has 128 valence electrons. The Bertz CT molecular complexity index is 1050. The predicted molar refractivity (Wildman–Crippen MR) is 105 cm³/mol. The molecule has 0 bridgehead atoms. The molecule has 0 saturated carbocycles. The summed E-state index contributed by atoms with van der Waals surface area (Å²) in [4.78, 5) is 13.0. The van der Waals surface area contributed by atoms with Crippen LogP contribution in [0.15, 0.2) is 83.3 Å². The molecule has 0 atom stereocenters. The fourth-order valence-electron chi connectivity index (χ4n) is 3.00. The number of carbonyl (C=O) groups is 1. The molecule has 0 saturated heterocycles. The van der Waals surface area contributed by atoms with Crippen LogP contribution in [0.3, 0.4) is 0 Å². The maximum absolute atomic E-state index is 13.0. The summed E-state index contributed by atoms with van der Waals surface area (Å²) >= 11 is 0. The zero-order valence-corrected chi connectivity index (χ0v) is 14.5. The molecule has 4 aromatic rings. The summed E-state index contributed by atoms with van der Waals surface area (Å²) in [7, 11) is 0. The van der Waals surface area contributed by atoms with E-state index in [9.17, 15) is 4.79 Å². The molecule has 0 aliphatic rings. The Kier molecular flexibility index (Phi) is 4.28. The smallest absolute Gasteiger partial charge is 0.230 e. The van der Waals surface area contributed by atoms with E-state index in [2.05, 4.69) is 36.5 Å². The van der Waals surface area contributed by atoms with E-state index < -0.39 is 0 Å². The predicted octanol–water partition coefficient (Wildman–Crippen LogP) is 5.58. The van der Waals surface area contributed by atoms with Gasteiger partial charge in [0.05, 0.1) is 5.69 Å². The summed E-state index contributed by atoms with van der Waals surface area (Å²) in [6.45, 7) is 2.69. The number of para-hydroxylation sites is 1. The second kappa shape index (κ2) is 6.89. The third-order valence-corrected chi connectivity index (χ3v) is 4.43. The summed E-state index contributed by atoms with van der Waals surface area (Å²) in [5.41, 5.74) is 4.44. The standard InChI is InChI=1S/C23H19NO2/c1-16-11-13-17(14-12-16)15-24-21-19-9-5-6-10-20(19)26-23(21)22(25)18-7-3-2-4-8-18/h2-14,24H,15H2,1H3. The van der Waals surface area contributed by atoms with E-state index in [-0.39, 0.29) is 5.78 Å². The van der Waals surface area contributed by atoms with E-state index in [0.29, 0.717) is 23.5 Å². The van der Waals surface area contributed by atoms with Gasteiger partial charge in [-0.3, -0.25) is 4.79 Å². The number of fused-ring (bicyclic) bond motifs is 1. The van der Waals surface area contributed by atoms with Crippen molar-refractivity contribution in [3.63, 3.8) is 0 Å². The van der Waals surface area contributed by atoms with Gasteiger partial charge in [-0.1, -0.05) is 72.3 Å². The Morgan fingerprint density at radius 2 is 1.58 bits per heavy atom. The van der Waals surface area contributed by atoms with Crippen molar-refractivity contribution in [1.82, 2.24) is 0 Å². The van der Waals surface area contributed by atoms with Crippen LogP contribution in [0.25, 0.3) is 11.0 Å². The van der Waals surface area contributed by atoms with Gasteiger partial charge in [0.15, 0.2) is 5.76 Å². The average Bonchev–Trinajstić information content (AvgIpc) is 3.06. The summed E-state index contributed by atoms with van der Waals surface area (Å²) in [6.07, 6.45) is 0. The van der Waals surface area contributed by atoms with Gasteiger partial charge in [-0.25, -0.2) is 0 Å². The molecule has 0 amide bonds. The van der Waals surface area contributed by atoms with Crippen molar-refractivity contribution in [2.24, 2.45) is 0 Å². The number of aryl methyl sites for hydroxylation is 1. The molecule has 26 heavy (non-hydrogen) atoms. The molecule has 1 heterocycles. The lowest BCUT2D eigenvalue weighted by Gasteiger charge is -2.08. The van der Waals surface area contributed by atoms with Gasteiger partial charge >= 0.3 is 0 Å². The fourth-order valence-corrected chi connectivity index (χ4v) is 3.00. The summed E-state index contributed by atoms with van der Waals surface area (Å²) in [6, 6.07) is 25.3. The number of hydrogen-bond donors (Lipinski definition) is 1. The van der Waals surface area contributed by atoms with Crippen molar-refractivity contribution >= 4 is 22.4 Å². The first-order chi connectivity index (χ1) is 12.7. The number of rotatable bonds is 5. The number of carbonyl (C=O) groups excluding carboxylic acids is 1. The van der Waals surface area contributed by atoms with E-state index in [1.54, 1.807) is 12.1 Å². The lowest BCUT2D eigenvalue weighted by Crippen LogP contribution is -2.06. The Balaban J connectivity index is 1.72. The van der Waals surface area contributed by atoms with Crippen LogP contribution in [0.4, 0.5) is 5.69 Å². The van der Waals surface area contributed by atoms with Crippen LogP contribution in [-0.2, 0) is 6.54 Å². The molecule has 1 aromatic heterocycles. The van der Waals surface area contributed by atoms with Gasteiger partial charge < -0.3 is 9.73 Å². The first-order valence-electron chi connectivity index (χ1n) is 8.63. The van der Waals surface area contributed by atoms with Crippen LogP contribution in [0.2, 0.25) is 0 Å². The zero-order chi connectivity index (χ0) is 17.9. The van der Waals surface area contributed by atoms with E-state index in [4.69, 9.17) is 4.42 Å². The molecule has 0 unspecified atom stereocenters. The van der Waals surface area contributed by atoms with Gasteiger partial charge in [0, 0.05) is 17.5 Å². The number of hydrogen-bond acceptors (Lipinski definition) is 3. The number of nitrogens with one attached hydrogen (secondary N) is 1. The molecule has 3 nitrogen and oxygen atoms in total. The minimum atomic E-state index is -0.117. The monoisotopic (exact) mass is 341 g/mol. The van der Waals surface area contributed by atoms with Gasteiger partial charge in [-0.05, 0) is 24.6 Å². The third kappa shape index (κ3) is 3.11. The highest BCUT2D eigenvalue weighted by Gasteiger charge is 2.21. The second-order valence-corrected chi connectivity index (χ2v) is 6.34. The van der Waals surface area contributed by atoms with E-state index in [1.165, 1.54) is 5.56 Å². The van der Waals surface area contributed by atoms with E-state index >= 15 is 0 Å². The molecule has 0 fully saturated rings. The highest BCUT2D eigenvalue weighted by molar-refractivity contribution is 6.14. The Hall–Kier alpha value is -3.33. The van der Waals surface area contributed by atoms with Crippen molar-refractivity contribution in [3.05, 3.63) is 101 Å².